The number of ether oxygens (including phenoxy) is 1. The van der Waals surface area contributed by atoms with E-state index in [4.69, 9.17) is 5.11 Å². The Morgan fingerprint density at radius 3 is 2.56 bits per heavy atom. The Morgan fingerprint density at radius 1 is 1.50 bits per heavy atom. The molecule has 9 heteroatoms. The molecule has 0 unspecified atom stereocenters. The zero-order chi connectivity index (χ0) is 13.9. The van der Waals surface area contributed by atoms with Gasteiger partial charge in [-0.25, -0.2) is 4.39 Å². The molecule has 0 saturated carbocycles. The predicted octanol–water partition coefficient (Wildman–Crippen LogP) is 2.68. The number of aromatic nitrogens is 1. The Morgan fingerprint density at radius 2 is 2.11 bits per heavy atom. The van der Waals surface area contributed by atoms with Crippen LogP contribution in [0.3, 0.4) is 0 Å². The molecular formula is C9H6F4INO3. The van der Waals surface area contributed by atoms with Crippen molar-refractivity contribution in [2.24, 2.45) is 0 Å². The van der Waals surface area contributed by atoms with E-state index in [1.807, 2.05) is 0 Å². The molecule has 0 aliphatic carbocycles. The van der Waals surface area contributed by atoms with Gasteiger partial charge in [-0.3, -0.25) is 9.78 Å². The van der Waals surface area contributed by atoms with Crippen LogP contribution in [0.5, 0.6) is 5.75 Å². The molecule has 0 aliphatic heterocycles. The molecule has 0 amide bonds. The van der Waals surface area contributed by atoms with E-state index in [2.05, 4.69) is 9.72 Å². The molecule has 0 fully saturated rings. The first-order valence-electron chi connectivity index (χ1n) is 4.44. The lowest BCUT2D eigenvalue weighted by atomic mass is 10.1. The number of hydrogen-bond donors (Lipinski definition) is 1. The zero-order valence-electron chi connectivity index (χ0n) is 8.59. The SMILES string of the molecule is O=C(O)Cc1c(I)cnc(CF)c1OC(F)(F)F. The largest absolute Gasteiger partial charge is 0.573 e. The van der Waals surface area contributed by atoms with E-state index in [9.17, 15) is 22.4 Å². The van der Waals surface area contributed by atoms with Gasteiger partial charge >= 0.3 is 12.3 Å². The third kappa shape index (κ3) is 3.96. The van der Waals surface area contributed by atoms with Gasteiger partial charge in [0.05, 0.1) is 6.42 Å². The van der Waals surface area contributed by atoms with Gasteiger partial charge in [0, 0.05) is 15.3 Å². The van der Waals surface area contributed by atoms with Gasteiger partial charge in [0.25, 0.3) is 0 Å². The highest BCUT2D eigenvalue weighted by Gasteiger charge is 2.34. The van der Waals surface area contributed by atoms with E-state index in [0.717, 1.165) is 6.20 Å². The number of aliphatic carboxylic acids is 1. The van der Waals surface area contributed by atoms with Gasteiger partial charge < -0.3 is 9.84 Å². The standard InChI is InChI=1S/C9H6F4INO3/c10-2-6-8(18-9(11,12)13)4(1-7(16)17)5(14)3-15-6/h3H,1-2H2,(H,16,17). The van der Waals surface area contributed by atoms with Gasteiger partial charge in [0.2, 0.25) is 0 Å². The summed E-state index contributed by atoms with van der Waals surface area (Å²) in [5.41, 5.74) is -0.827. The number of hydrogen-bond acceptors (Lipinski definition) is 3. The quantitative estimate of drug-likeness (QED) is 0.646. The molecule has 18 heavy (non-hydrogen) atoms. The molecule has 0 spiro atoms. The second kappa shape index (κ2) is 5.67. The smallest absolute Gasteiger partial charge is 0.481 e. The number of halogens is 5. The van der Waals surface area contributed by atoms with Crippen molar-refractivity contribution in [3.8, 4) is 5.75 Å². The monoisotopic (exact) mass is 379 g/mol. The molecular weight excluding hydrogens is 373 g/mol. The van der Waals surface area contributed by atoms with Crippen molar-refractivity contribution >= 4 is 28.6 Å². The highest BCUT2D eigenvalue weighted by Crippen LogP contribution is 2.32. The third-order valence-corrected chi connectivity index (χ3v) is 2.76. The number of alkyl halides is 4. The lowest BCUT2D eigenvalue weighted by molar-refractivity contribution is -0.275. The molecule has 4 nitrogen and oxygen atoms in total. The first-order chi connectivity index (χ1) is 8.24. The molecule has 0 aliphatic rings. The second-order valence-corrected chi connectivity index (χ2v) is 4.27. The van der Waals surface area contributed by atoms with Crippen LogP contribution in [0.25, 0.3) is 0 Å². The Balaban J connectivity index is 3.31. The second-order valence-electron chi connectivity index (χ2n) is 3.11. The number of carbonyl (C=O) groups is 1. The number of rotatable bonds is 4. The average molecular weight is 379 g/mol. The maximum atomic E-state index is 12.6. The lowest BCUT2D eigenvalue weighted by Gasteiger charge is -2.15. The van der Waals surface area contributed by atoms with E-state index in [0.29, 0.717) is 0 Å². The summed E-state index contributed by atoms with van der Waals surface area (Å²) in [6, 6.07) is 0. The number of carboxylic acid groups (broad SMARTS) is 1. The fourth-order valence-electron chi connectivity index (χ4n) is 1.20. The van der Waals surface area contributed by atoms with Crippen LogP contribution >= 0.6 is 22.6 Å². The molecule has 1 heterocycles. The first-order valence-corrected chi connectivity index (χ1v) is 5.52. The van der Waals surface area contributed by atoms with Crippen molar-refractivity contribution in [2.45, 2.75) is 19.5 Å². The molecule has 1 aromatic rings. The van der Waals surface area contributed by atoms with Crippen molar-refractivity contribution in [3.05, 3.63) is 21.0 Å². The minimum atomic E-state index is -5.04. The Kier molecular flexibility index (Phi) is 4.71. The Labute approximate surface area is 112 Å². The number of pyridine rings is 1. The normalized spacial score (nSPS) is 11.4. The van der Waals surface area contributed by atoms with Crippen molar-refractivity contribution in [3.63, 3.8) is 0 Å². The van der Waals surface area contributed by atoms with E-state index in [1.54, 1.807) is 22.6 Å². The molecule has 0 bridgehead atoms. The van der Waals surface area contributed by atoms with Crippen molar-refractivity contribution in [1.29, 1.82) is 0 Å². The van der Waals surface area contributed by atoms with Crippen LogP contribution in [0.15, 0.2) is 6.20 Å². The van der Waals surface area contributed by atoms with E-state index >= 15 is 0 Å². The van der Waals surface area contributed by atoms with Gasteiger partial charge in [-0.15, -0.1) is 13.2 Å². The molecule has 100 valence electrons. The average Bonchev–Trinajstić information content (AvgIpc) is 2.21. The van der Waals surface area contributed by atoms with Crippen LogP contribution in [0, 0.1) is 3.57 Å². The molecule has 1 N–H and O–H groups in total. The zero-order valence-corrected chi connectivity index (χ0v) is 10.7. The van der Waals surface area contributed by atoms with Gasteiger partial charge in [-0.05, 0) is 22.6 Å². The van der Waals surface area contributed by atoms with Crippen LogP contribution in [-0.4, -0.2) is 22.4 Å². The molecule has 0 radical (unpaired) electrons. The van der Waals surface area contributed by atoms with Crippen LogP contribution < -0.4 is 4.74 Å². The van der Waals surface area contributed by atoms with Gasteiger partial charge in [0.15, 0.2) is 5.75 Å². The van der Waals surface area contributed by atoms with E-state index in [1.165, 1.54) is 0 Å². The summed E-state index contributed by atoms with van der Waals surface area (Å²) in [6.45, 7) is -1.28. The van der Waals surface area contributed by atoms with Crippen molar-refractivity contribution in [2.75, 3.05) is 0 Å². The molecule has 1 aromatic heterocycles. The minimum absolute atomic E-state index is 0.159. The molecule has 0 atom stereocenters. The summed E-state index contributed by atoms with van der Waals surface area (Å²) in [7, 11) is 0. The fourth-order valence-corrected chi connectivity index (χ4v) is 1.78. The van der Waals surface area contributed by atoms with Crippen molar-refractivity contribution < 1.29 is 32.2 Å². The Hall–Kier alpha value is -1.13. The van der Waals surface area contributed by atoms with Crippen LogP contribution in [0.4, 0.5) is 17.6 Å². The highest BCUT2D eigenvalue weighted by atomic mass is 127. The fraction of sp³-hybridized carbons (Fsp3) is 0.333. The summed E-state index contributed by atoms with van der Waals surface area (Å²) >= 11 is 1.61. The number of carboxylic acids is 1. The summed E-state index contributed by atoms with van der Waals surface area (Å²) in [5.74, 6) is -2.23. The van der Waals surface area contributed by atoms with E-state index in [-0.39, 0.29) is 9.13 Å². The topological polar surface area (TPSA) is 59.4 Å². The number of nitrogens with zero attached hydrogens (tertiary/aromatic N) is 1. The van der Waals surface area contributed by atoms with Crippen LogP contribution in [-0.2, 0) is 17.9 Å². The van der Waals surface area contributed by atoms with Gasteiger partial charge in [0.1, 0.15) is 12.4 Å². The molecule has 0 saturated heterocycles. The van der Waals surface area contributed by atoms with Crippen molar-refractivity contribution in [1.82, 2.24) is 4.98 Å². The maximum Gasteiger partial charge on any atom is 0.573 e. The summed E-state index contributed by atoms with van der Waals surface area (Å²) < 4.78 is 52.9. The van der Waals surface area contributed by atoms with Crippen LogP contribution in [0.1, 0.15) is 11.3 Å². The lowest BCUT2D eigenvalue weighted by Crippen LogP contribution is -2.21. The maximum absolute atomic E-state index is 12.6. The molecule has 1 rings (SSSR count). The van der Waals surface area contributed by atoms with Gasteiger partial charge in [-0.1, -0.05) is 0 Å². The highest BCUT2D eigenvalue weighted by molar-refractivity contribution is 14.1. The first kappa shape index (κ1) is 14.9. The summed E-state index contributed by atoms with van der Waals surface area (Å²) in [6.07, 6.45) is -4.65. The van der Waals surface area contributed by atoms with E-state index < -0.39 is 36.9 Å². The molecule has 0 aromatic carbocycles. The predicted molar refractivity (Wildman–Crippen MR) is 59.8 cm³/mol. The summed E-state index contributed by atoms with van der Waals surface area (Å²) in [5, 5.41) is 8.62. The Bertz CT molecular complexity index is 464. The minimum Gasteiger partial charge on any atom is -0.481 e. The van der Waals surface area contributed by atoms with Gasteiger partial charge in [-0.2, -0.15) is 0 Å². The summed E-state index contributed by atoms with van der Waals surface area (Å²) in [4.78, 5) is 14.0. The third-order valence-electron chi connectivity index (χ3n) is 1.83. The van der Waals surface area contributed by atoms with Crippen LogP contribution in [0.2, 0.25) is 0 Å².